The first kappa shape index (κ1) is 19.5. The molecule has 31 heavy (non-hydrogen) atoms. The summed E-state index contributed by atoms with van der Waals surface area (Å²) in [6.07, 6.45) is 5.96. The fourth-order valence-corrected chi connectivity index (χ4v) is 5.22. The van der Waals surface area contributed by atoms with E-state index in [0.717, 1.165) is 66.7 Å². The second-order valence-corrected chi connectivity index (χ2v) is 9.69. The Morgan fingerprint density at radius 3 is 2.55 bits per heavy atom. The lowest BCUT2D eigenvalue weighted by atomic mass is 9.91. The fraction of sp³-hybridized carbons (Fsp3) is 0.545. The number of anilines is 1. The molecule has 0 bridgehead atoms. The Hall–Kier alpha value is -2.16. The maximum absolute atomic E-state index is 13.2. The van der Waals surface area contributed by atoms with Crippen LogP contribution in [0.25, 0.3) is 16.6 Å². The summed E-state index contributed by atoms with van der Waals surface area (Å²) in [6, 6.07) is 4.27. The van der Waals surface area contributed by atoms with Gasteiger partial charge in [0, 0.05) is 44.4 Å². The number of alkyl halides is 1. The number of rotatable bonds is 4. The molecule has 0 atom stereocenters. The Bertz CT molecular complexity index is 1110. The summed E-state index contributed by atoms with van der Waals surface area (Å²) in [4.78, 5) is 4.89. The average Bonchev–Trinajstić information content (AvgIpc) is 3.36. The van der Waals surface area contributed by atoms with Gasteiger partial charge in [-0.2, -0.15) is 10.2 Å². The van der Waals surface area contributed by atoms with Crippen LogP contribution in [0.5, 0.6) is 0 Å². The van der Waals surface area contributed by atoms with E-state index >= 15 is 0 Å². The minimum atomic E-state index is -0.701. The summed E-state index contributed by atoms with van der Waals surface area (Å²) >= 11 is 6.68. The molecule has 0 unspecified atom stereocenters. The zero-order valence-corrected chi connectivity index (χ0v) is 18.3. The minimum Gasteiger partial charge on any atom is -0.377 e. The summed E-state index contributed by atoms with van der Waals surface area (Å²) in [6.45, 7) is 7.77. The van der Waals surface area contributed by atoms with Gasteiger partial charge in [-0.15, -0.1) is 0 Å². The molecule has 0 radical (unpaired) electrons. The molecule has 3 fully saturated rings. The molecule has 4 heterocycles. The van der Waals surface area contributed by atoms with Gasteiger partial charge in [0.25, 0.3) is 0 Å². The lowest BCUT2D eigenvalue weighted by Crippen LogP contribution is -2.64. The van der Waals surface area contributed by atoms with Crippen molar-refractivity contribution >= 4 is 28.2 Å². The molecule has 1 aliphatic carbocycles. The van der Waals surface area contributed by atoms with E-state index in [9.17, 15) is 4.39 Å². The van der Waals surface area contributed by atoms with Crippen LogP contribution in [0.4, 0.5) is 10.1 Å². The molecule has 1 aromatic carbocycles. The molecule has 2 aliphatic heterocycles. The highest BCUT2D eigenvalue weighted by molar-refractivity contribution is 6.34. The van der Waals surface area contributed by atoms with Crippen molar-refractivity contribution in [2.24, 2.45) is 0 Å². The first-order valence-corrected chi connectivity index (χ1v) is 11.3. The van der Waals surface area contributed by atoms with E-state index in [1.54, 1.807) is 6.20 Å². The van der Waals surface area contributed by atoms with Gasteiger partial charge in [-0.3, -0.25) is 9.58 Å². The quantitative estimate of drug-likeness (QED) is 0.617. The number of piperazine rings is 1. The number of fused-ring (bicyclic) bond motifs is 1. The van der Waals surface area contributed by atoms with Crippen molar-refractivity contribution in [2.75, 3.05) is 44.3 Å². The van der Waals surface area contributed by atoms with Crippen LogP contribution in [0.15, 0.2) is 30.7 Å². The van der Waals surface area contributed by atoms with Crippen molar-refractivity contribution in [1.29, 1.82) is 0 Å². The molecule has 0 N–H and O–H groups in total. The summed E-state index contributed by atoms with van der Waals surface area (Å²) in [5.74, 6) is 0. The molecule has 0 spiro atoms. The van der Waals surface area contributed by atoms with Gasteiger partial charge in [-0.25, -0.2) is 9.07 Å². The van der Waals surface area contributed by atoms with Gasteiger partial charge in [0.2, 0.25) is 0 Å². The summed E-state index contributed by atoms with van der Waals surface area (Å²) in [5, 5.41) is 10.8. The summed E-state index contributed by atoms with van der Waals surface area (Å²) in [5.41, 5.74) is 3.10. The van der Waals surface area contributed by atoms with Crippen molar-refractivity contribution in [2.45, 2.75) is 37.5 Å². The third kappa shape index (κ3) is 3.23. The Morgan fingerprint density at radius 1 is 1.10 bits per heavy atom. The van der Waals surface area contributed by atoms with Crippen molar-refractivity contribution in [3.8, 4) is 5.69 Å². The SMILES string of the molecule is CC1(N2CCN(c3cc4c(cnn4-c4cnn([C@H]5C[C@@H](F)C5)c4)cc3Cl)CC2)COC1. The number of hydrogen-bond donors (Lipinski definition) is 0. The van der Waals surface area contributed by atoms with Gasteiger partial charge < -0.3 is 9.64 Å². The topological polar surface area (TPSA) is 51.3 Å². The zero-order valence-electron chi connectivity index (χ0n) is 17.5. The van der Waals surface area contributed by atoms with Gasteiger partial charge in [0.1, 0.15) is 11.9 Å². The van der Waals surface area contributed by atoms with E-state index in [2.05, 4.69) is 33.0 Å². The van der Waals surface area contributed by atoms with Crippen molar-refractivity contribution in [3.63, 3.8) is 0 Å². The summed E-state index contributed by atoms with van der Waals surface area (Å²) in [7, 11) is 0. The number of aromatic nitrogens is 4. The Balaban J connectivity index is 1.26. The average molecular weight is 445 g/mol. The maximum atomic E-state index is 13.2. The van der Waals surface area contributed by atoms with E-state index < -0.39 is 6.17 Å². The summed E-state index contributed by atoms with van der Waals surface area (Å²) < 4.78 is 22.4. The molecule has 2 saturated heterocycles. The number of nitrogens with zero attached hydrogens (tertiary/aromatic N) is 6. The van der Waals surface area contributed by atoms with Crippen LogP contribution in [-0.4, -0.2) is 75.6 Å². The van der Waals surface area contributed by atoms with Crippen LogP contribution in [0, 0.1) is 0 Å². The molecule has 7 nitrogen and oxygen atoms in total. The van der Waals surface area contributed by atoms with Crippen LogP contribution in [0.3, 0.4) is 0 Å². The minimum absolute atomic E-state index is 0.148. The van der Waals surface area contributed by atoms with Crippen molar-refractivity contribution < 1.29 is 9.13 Å². The van der Waals surface area contributed by atoms with Gasteiger partial charge in [0.15, 0.2) is 0 Å². The number of ether oxygens (including phenoxy) is 1. The third-order valence-electron chi connectivity index (χ3n) is 7.11. The lowest BCUT2D eigenvalue weighted by Gasteiger charge is -2.50. The smallest absolute Gasteiger partial charge is 0.104 e. The fourth-order valence-electron chi connectivity index (χ4n) is 4.92. The normalized spacial score (nSPS) is 26.1. The highest BCUT2D eigenvalue weighted by Gasteiger charge is 2.40. The van der Waals surface area contributed by atoms with Gasteiger partial charge in [-0.1, -0.05) is 11.6 Å². The number of hydrogen-bond acceptors (Lipinski definition) is 5. The zero-order chi connectivity index (χ0) is 21.2. The van der Waals surface area contributed by atoms with Crippen LogP contribution >= 0.6 is 11.6 Å². The highest BCUT2D eigenvalue weighted by Crippen LogP contribution is 2.36. The van der Waals surface area contributed by atoms with Crippen LogP contribution in [0.1, 0.15) is 25.8 Å². The van der Waals surface area contributed by atoms with Crippen LogP contribution in [-0.2, 0) is 4.74 Å². The van der Waals surface area contributed by atoms with Gasteiger partial charge in [0.05, 0.1) is 59.6 Å². The second-order valence-electron chi connectivity index (χ2n) is 9.28. The molecule has 1 saturated carbocycles. The molecule has 2 aromatic heterocycles. The van der Waals surface area contributed by atoms with Gasteiger partial charge >= 0.3 is 0 Å². The molecule has 164 valence electrons. The molecule has 6 rings (SSSR count). The maximum Gasteiger partial charge on any atom is 0.104 e. The van der Waals surface area contributed by atoms with Gasteiger partial charge in [-0.05, 0) is 19.1 Å². The van der Waals surface area contributed by atoms with E-state index in [4.69, 9.17) is 16.3 Å². The van der Waals surface area contributed by atoms with Crippen molar-refractivity contribution in [3.05, 3.63) is 35.7 Å². The molecule has 3 aliphatic rings. The molecule has 0 amide bonds. The Labute approximate surface area is 185 Å². The predicted molar refractivity (Wildman–Crippen MR) is 118 cm³/mol. The third-order valence-corrected chi connectivity index (χ3v) is 7.41. The molecular formula is C22H26ClFN6O. The van der Waals surface area contributed by atoms with Crippen LogP contribution < -0.4 is 4.90 Å². The molecule has 9 heteroatoms. The largest absolute Gasteiger partial charge is 0.377 e. The van der Waals surface area contributed by atoms with E-state index in [0.29, 0.717) is 12.8 Å². The predicted octanol–water partition coefficient (Wildman–Crippen LogP) is 3.46. The molecular weight excluding hydrogens is 419 g/mol. The first-order valence-electron chi connectivity index (χ1n) is 10.9. The van der Waals surface area contributed by atoms with E-state index in [1.807, 2.05) is 27.8 Å². The Morgan fingerprint density at radius 2 is 1.87 bits per heavy atom. The van der Waals surface area contributed by atoms with E-state index in [1.165, 1.54) is 0 Å². The standard InChI is InChI=1S/C22H26ClFN6O/c1-22(13-31-14-22)28-4-2-27(3-5-28)21-9-20-15(6-19(21)23)10-26-30(20)18-11-25-29(12-18)17-7-16(24)8-17/h6,9-12,16-17H,2-5,7-8,13-14H2,1H3/t16-,17+. The molecule has 3 aromatic rings. The number of benzene rings is 1. The number of halogens is 2. The van der Waals surface area contributed by atoms with Crippen molar-refractivity contribution in [1.82, 2.24) is 24.5 Å². The lowest BCUT2D eigenvalue weighted by molar-refractivity contribution is -0.131. The second kappa shape index (κ2) is 7.18. The van der Waals surface area contributed by atoms with E-state index in [-0.39, 0.29) is 11.6 Å². The monoisotopic (exact) mass is 444 g/mol. The Kier molecular flexibility index (Phi) is 4.52. The van der Waals surface area contributed by atoms with Crippen LogP contribution in [0.2, 0.25) is 5.02 Å². The highest BCUT2D eigenvalue weighted by atomic mass is 35.5. The first-order chi connectivity index (χ1) is 15.0.